The zero-order valence-electron chi connectivity index (χ0n) is 11.4. The number of aliphatic hydroxyl groups is 1. The van der Waals surface area contributed by atoms with Crippen molar-refractivity contribution in [3.05, 3.63) is 12.7 Å². The molecule has 2 heteroatoms. The second-order valence-electron chi connectivity index (χ2n) is 5.49. The second-order valence-corrected chi connectivity index (χ2v) is 5.49. The molecule has 0 aromatic rings. The Bertz CT molecular complexity index is 207. The van der Waals surface area contributed by atoms with Crippen LogP contribution in [0.2, 0.25) is 0 Å². The van der Waals surface area contributed by atoms with E-state index in [0.717, 1.165) is 12.8 Å². The van der Waals surface area contributed by atoms with Crippen molar-refractivity contribution in [2.45, 2.75) is 77.1 Å². The van der Waals surface area contributed by atoms with Crippen LogP contribution in [0.3, 0.4) is 0 Å². The van der Waals surface area contributed by atoms with E-state index >= 15 is 0 Å². The Labute approximate surface area is 106 Å². The van der Waals surface area contributed by atoms with Crippen LogP contribution in [0.25, 0.3) is 0 Å². The monoisotopic (exact) mass is 240 g/mol. The molecule has 1 aliphatic carbocycles. The van der Waals surface area contributed by atoms with E-state index in [1.54, 1.807) is 0 Å². The highest BCUT2D eigenvalue weighted by atomic mass is 16.5. The number of hydrogen-bond acceptors (Lipinski definition) is 2. The fraction of sp³-hybridized carbons (Fsp3) is 0.867. The summed E-state index contributed by atoms with van der Waals surface area (Å²) in [5.41, 5.74) is 0. The third-order valence-corrected chi connectivity index (χ3v) is 3.65. The van der Waals surface area contributed by atoms with Crippen molar-refractivity contribution in [3.8, 4) is 0 Å². The summed E-state index contributed by atoms with van der Waals surface area (Å²) in [7, 11) is 0. The van der Waals surface area contributed by atoms with Crippen LogP contribution in [-0.4, -0.2) is 23.4 Å². The molecule has 1 aliphatic rings. The first-order chi connectivity index (χ1) is 8.13. The summed E-state index contributed by atoms with van der Waals surface area (Å²) in [4.78, 5) is 0. The molecule has 0 bridgehead atoms. The normalized spacial score (nSPS) is 23.0. The lowest BCUT2D eigenvalue weighted by atomic mass is 9.84. The maximum absolute atomic E-state index is 9.38. The Hall–Kier alpha value is -0.340. The molecule has 0 heterocycles. The van der Waals surface area contributed by atoms with Crippen LogP contribution in [0.5, 0.6) is 0 Å². The molecular formula is C15H28O2. The van der Waals surface area contributed by atoms with Gasteiger partial charge < -0.3 is 9.84 Å². The Kier molecular flexibility index (Phi) is 6.83. The van der Waals surface area contributed by atoms with Gasteiger partial charge >= 0.3 is 0 Å². The van der Waals surface area contributed by atoms with Gasteiger partial charge in [-0.2, -0.15) is 0 Å². The van der Waals surface area contributed by atoms with Crippen LogP contribution in [0.4, 0.5) is 0 Å². The maximum Gasteiger partial charge on any atom is 0.0641 e. The average molecular weight is 240 g/mol. The van der Waals surface area contributed by atoms with Crippen molar-refractivity contribution >= 4 is 0 Å². The molecule has 1 rings (SSSR count). The average Bonchev–Trinajstić information content (AvgIpc) is 2.28. The molecular weight excluding hydrogens is 212 g/mol. The first-order valence-corrected chi connectivity index (χ1v) is 7.08. The van der Waals surface area contributed by atoms with E-state index in [1.165, 1.54) is 32.1 Å². The van der Waals surface area contributed by atoms with E-state index < -0.39 is 0 Å². The second kappa shape index (κ2) is 7.88. The van der Waals surface area contributed by atoms with Crippen LogP contribution in [0, 0.1) is 5.92 Å². The molecule has 0 aliphatic heterocycles. The molecule has 0 aromatic carbocycles. The predicted molar refractivity (Wildman–Crippen MR) is 72.0 cm³/mol. The largest absolute Gasteiger partial charge is 0.393 e. The maximum atomic E-state index is 9.38. The van der Waals surface area contributed by atoms with Crippen LogP contribution >= 0.6 is 0 Å². The lowest BCUT2D eigenvalue weighted by Gasteiger charge is -2.32. The van der Waals surface area contributed by atoms with E-state index in [2.05, 4.69) is 13.5 Å². The minimum Gasteiger partial charge on any atom is -0.393 e. The van der Waals surface area contributed by atoms with Crippen LogP contribution in [0.15, 0.2) is 12.7 Å². The van der Waals surface area contributed by atoms with Crippen LogP contribution in [-0.2, 0) is 4.74 Å². The number of ether oxygens (including phenoxy) is 1. The van der Waals surface area contributed by atoms with Gasteiger partial charge in [-0.1, -0.05) is 25.3 Å². The number of aliphatic hydroxyl groups excluding tert-OH is 1. The van der Waals surface area contributed by atoms with E-state index in [0.29, 0.717) is 12.0 Å². The molecule has 3 atom stereocenters. The fourth-order valence-electron chi connectivity index (χ4n) is 2.86. The summed E-state index contributed by atoms with van der Waals surface area (Å²) in [6.45, 7) is 7.72. The molecule has 1 fully saturated rings. The van der Waals surface area contributed by atoms with Gasteiger partial charge in [0.2, 0.25) is 0 Å². The Morgan fingerprint density at radius 3 is 2.47 bits per heavy atom. The van der Waals surface area contributed by atoms with Crippen LogP contribution in [0.1, 0.15) is 58.8 Å². The summed E-state index contributed by atoms with van der Waals surface area (Å²) in [6, 6.07) is 0. The lowest BCUT2D eigenvalue weighted by Crippen LogP contribution is -2.30. The molecule has 0 amide bonds. The zero-order valence-corrected chi connectivity index (χ0v) is 11.4. The molecule has 0 aromatic heterocycles. The first-order valence-electron chi connectivity index (χ1n) is 7.08. The Morgan fingerprint density at radius 1 is 1.29 bits per heavy atom. The third-order valence-electron chi connectivity index (χ3n) is 3.65. The van der Waals surface area contributed by atoms with Gasteiger partial charge in [0.05, 0.1) is 18.3 Å². The predicted octanol–water partition coefficient (Wildman–Crippen LogP) is 3.69. The quantitative estimate of drug-likeness (QED) is 0.688. The molecule has 0 saturated heterocycles. The van der Waals surface area contributed by atoms with E-state index in [-0.39, 0.29) is 12.2 Å². The smallest absolute Gasteiger partial charge is 0.0641 e. The SMILES string of the molecule is C=CC[C@H](O[C@@H](C)C[C@@H](C)O)C1CCCCC1. The topological polar surface area (TPSA) is 29.5 Å². The number of rotatable bonds is 7. The molecule has 1 saturated carbocycles. The summed E-state index contributed by atoms with van der Waals surface area (Å²) in [6.07, 6.45) is 10.4. The van der Waals surface area contributed by atoms with E-state index in [4.69, 9.17) is 4.74 Å². The van der Waals surface area contributed by atoms with Crippen molar-refractivity contribution < 1.29 is 9.84 Å². The van der Waals surface area contributed by atoms with Gasteiger partial charge in [0.15, 0.2) is 0 Å². The first kappa shape index (κ1) is 14.7. The van der Waals surface area contributed by atoms with Gasteiger partial charge in [-0.3, -0.25) is 0 Å². The fourth-order valence-corrected chi connectivity index (χ4v) is 2.86. The van der Waals surface area contributed by atoms with Crippen LogP contribution < -0.4 is 0 Å². The summed E-state index contributed by atoms with van der Waals surface area (Å²) >= 11 is 0. The molecule has 100 valence electrons. The summed E-state index contributed by atoms with van der Waals surface area (Å²) in [5.74, 6) is 0.693. The Balaban J connectivity index is 2.43. The highest BCUT2D eigenvalue weighted by Crippen LogP contribution is 2.30. The van der Waals surface area contributed by atoms with Crippen molar-refractivity contribution in [1.82, 2.24) is 0 Å². The van der Waals surface area contributed by atoms with E-state index in [1.807, 2.05) is 13.0 Å². The standard InChI is InChI=1S/C15H28O2/c1-4-8-15(14-9-6-5-7-10-14)17-13(3)11-12(2)16/h4,12-16H,1,5-11H2,2-3H3/t12-,13+,15+/m1/s1. The van der Waals surface area contributed by atoms with Crippen molar-refractivity contribution in [2.75, 3.05) is 0 Å². The Morgan fingerprint density at radius 2 is 1.94 bits per heavy atom. The van der Waals surface area contributed by atoms with Gasteiger partial charge in [-0.25, -0.2) is 0 Å². The minimum atomic E-state index is -0.277. The van der Waals surface area contributed by atoms with Gasteiger partial charge in [0.25, 0.3) is 0 Å². The summed E-state index contributed by atoms with van der Waals surface area (Å²) < 4.78 is 6.11. The highest BCUT2D eigenvalue weighted by Gasteiger charge is 2.25. The molecule has 1 N–H and O–H groups in total. The van der Waals surface area contributed by atoms with Crippen molar-refractivity contribution in [3.63, 3.8) is 0 Å². The van der Waals surface area contributed by atoms with Crippen molar-refractivity contribution in [1.29, 1.82) is 0 Å². The van der Waals surface area contributed by atoms with Gasteiger partial charge in [0.1, 0.15) is 0 Å². The molecule has 0 radical (unpaired) electrons. The van der Waals surface area contributed by atoms with Gasteiger partial charge in [-0.15, -0.1) is 6.58 Å². The highest BCUT2D eigenvalue weighted by molar-refractivity contribution is 4.82. The molecule has 2 nitrogen and oxygen atoms in total. The molecule has 17 heavy (non-hydrogen) atoms. The van der Waals surface area contributed by atoms with Crippen molar-refractivity contribution in [2.24, 2.45) is 5.92 Å². The van der Waals surface area contributed by atoms with E-state index in [9.17, 15) is 5.11 Å². The molecule has 0 spiro atoms. The minimum absolute atomic E-state index is 0.141. The summed E-state index contributed by atoms with van der Waals surface area (Å²) in [5, 5.41) is 9.38. The number of hydrogen-bond donors (Lipinski definition) is 1. The van der Waals surface area contributed by atoms with Gasteiger partial charge in [0, 0.05) is 0 Å². The molecule has 0 unspecified atom stereocenters. The lowest BCUT2D eigenvalue weighted by molar-refractivity contribution is -0.0561. The zero-order chi connectivity index (χ0) is 12.7. The van der Waals surface area contributed by atoms with Gasteiger partial charge in [-0.05, 0) is 45.4 Å². The third kappa shape index (κ3) is 5.69.